The number of benzene rings is 1. The Bertz CT molecular complexity index is 601. The number of halogens is 3. The summed E-state index contributed by atoms with van der Waals surface area (Å²) in [6.45, 7) is 3.84. The van der Waals surface area contributed by atoms with Crippen LogP contribution in [-0.4, -0.2) is 10.1 Å². The van der Waals surface area contributed by atoms with E-state index in [1.165, 1.54) is 6.07 Å². The van der Waals surface area contributed by atoms with Gasteiger partial charge >= 0.3 is 0 Å². The minimum atomic E-state index is -0.989. The Kier molecular flexibility index (Phi) is 3.96. The number of nitrogens with zero attached hydrogens (tertiary/aromatic N) is 2. The second-order valence-corrected chi connectivity index (χ2v) is 5.24. The van der Waals surface area contributed by atoms with Gasteiger partial charge in [0.05, 0.1) is 10.5 Å². The fourth-order valence-corrected chi connectivity index (χ4v) is 1.96. The molecule has 0 spiro atoms. The van der Waals surface area contributed by atoms with E-state index in [0.717, 1.165) is 6.07 Å². The molecule has 0 aliphatic rings. The number of hydrogen-bond donors (Lipinski definition) is 1. The molecular weight excluding hydrogens is 320 g/mol. The largest absolute Gasteiger partial charge is 0.337 e. The van der Waals surface area contributed by atoms with Gasteiger partial charge in [0.2, 0.25) is 11.7 Å². The zero-order chi connectivity index (χ0) is 14.2. The number of aromatic nitrogens is 2. The van der Waals surface area contributed by atoms with E-state index in [1.807, 2.05) is 13.8 Å². The maximum Gasteiger partial charge on any atom is 0.244 e. The average molecular weight is 332 g/mol. The lowest BCUT2D eigenvalue weighted by molar-refractivity contribution is 0.325. The number of hydrogen-bond acceptors (Lipinski definition) is 4. The maximum atomic E-state index is 13.4. The van der Waals surface area contributed by atoms with Crippen molar-refractivity contribution in [2.24, 2.45) is 11.7 Å². The molecular formula is C12H12BrF2N3O. The molecule has 1 heterocycles. The normalized spacial score (nSPS) is 13.0. The molecule has 0 saturated heterocycles. The molecule has 1 aromatic carbocycles. The molecule has 0 aliphatic carbocycles. The molecule has 0 radical (unpaired) electrons. The summed E-state index contributed by atoms with van der Waals surface area (Å²) in [7, 11) is 0. The van der Waals surface area contributed by atoms with Crippen LogP contribution in [0.4, 0.5) is 8.78 Å². The Balaban J connectivity index is 2.41. The van der Waals surface area contributed by atoms with E-state index in [0.29, 0.717) is 5.56 Å². The fourth-order valence-electron chi connectivity index (χ4n) is 1.46. The average Bonchev–Trinajstić information content (AvgIpc) is 2.84. The van der Waals surface area contributed by atoms with Crippen molar-refractivity contribution in [1.29, 1.82) is 0 Å². The molecule has 102 valence electrons. The summed E-state index contributed by atoms with van der Waals surface area (Å²) in [6, 6.07) is 1.98. The highest BCUT2D eigenvalue weighted by atomic mass is 79.9. The smallest absolute Gasteiger partial charge is 0.244 e. The molecule has 0 bridgehead atoms. The summed E-state index contributed by atoms with van der Waals surface area (Å²) < 4.78 is 31.5. The zero-order valence-corrected chi connectivity index (χ0v) is 11.9. The van der Waals surface area contributed by atoms with Gasteiger partial charge in [0.25, 0.3) is 0 Å². The minimum Gasteiger partial charge on any atom is -0.337 e. The lowest BCUT2D eigenvalue weighted by Crippen LogP contribution is -2.16. The standard InChI is InChI=1S/C12H12BrF2N3O/c1-5(2)10(16)12-17-11(18-19-12)6-3-4-7(14)9(15)8(6)13/h3-5,10H,16H2,1-2H3. The molecule has 0 aliphatic heterocycles. The Hall–Kier alpha value is -1.34. The SMILES string of the molecule is CC(C)C(N)c1nc(-c2ccc(F)c(F)c2Br)no1. The van der Waals surface area contributed by atoms with E-state index in [2.05, 4.69) is 26.1 Å². The van der Waals surface area contributed by atoms with Crippen LogP contribution in [0.15, 0.2) is 21.1 Å². The van der Waals surface area contributed by atoms with Crippen LogP contribution in [0.1, 0.15) is 25.8 Å². The first-order valence-corrected chi connectivity index (χ1v) is 6.44. The Labute approximate surface area is 117 Å². The van der Waals surface area contributed by atoms with Crippen LogP contribution in [-0.2, 0) is 0 Å². The molecule has 4 nitrogen and oxygen atoms in total. The summed E-state index contributed by atoms with van der Waals surface area (Å²) in [5, 5.41) is 3.74. The monoisotopic (exact) mass is 331 g/mol. The van der Waals surface area contributed by atoms with Gasteiger partial charge < -0.3 is 10.3 Å². The van der Waals surface area contributed by atoms with E-state index in [4.69, 9.17) is 10.3 Å². The fraction of sp³-hybridized carbons (Fsp3) is 0.333. The molecule has 2 rings (SSSR count). The van der Waals surface area contributed by atoms with Crippen LogP contribution in [0.3, 0.4) is 0 Å². The lowest BCUT2D eigenvalue weighted by Gasteiger charge is -2.09. The van der Waals surface area contributed by atoms with Crippen molar-refractivity contribution in [1.82, 2.24) is 10.1 Å². The van der Waals surface area contributed by atoms with Crippen LogP contribution in [0.5, 0.6) is 0 Å². The second-order valence-electron chi connectivity index (χ2n) is 4.45. The predicted octanol–water partition coefficient (Wildman–Crippen LogP) is 3.43. The topological polar surface area (TPSA) is 64.9 Å². The molecule has 0 fully saturated rings. The van der Waals surface area contributed by atoms with Crippen molar-refractivity contribution in [2.75, 3.05) is 0 Å². The van der Waals surface area contributed by atoms with Gasteiger partial charge in [-0.1, -0.05) is 19.0 Å². The van der Waals surface area contributed by atoms with Crippen LogP contribution in [0, 0.1) is 17.6 Å². The molecule has 19 heavy (non-hydrogen) atoms. The highest BCUT2D eigenvalue weighted by Gasteiger charge is 2.21. The summed E-state index contributed by atoms with van der Waals surface area (Å²) in [6.07, 6.45) is 0. The third-order valence-electron chi connectivity index (χ3n) is 2.72. The van der Waals surface area contributed by atoms with E-state index in [1.54, 1.807) is 0 Å². The van der Waals surface area contributed by atoms with Gasteiger partial charge in [-0.3, -0.25) is 0 Å². The predicted molar refractivity (Wildman–Crippen MR) is 69.1 cm³/mol. The summed E-state index contributed by atoms with van der Waals surface area (Å²) in [5.41, 5.74) is 6.19. The van der Waals surface area contributed by atoms with Crippen molar-refractivity contribution >= 4 is 15.9 Å². The van der Waals surface area contributed by atoms with Crippen LogP contribution < -0.4 is 5.73 Å². The van der Waals surface area contributed by atoms with Crippen LogP contribution in [0.25, 0.3) is 11.4 Å². The second kappa shape index (κ2) is 5.34. The van der Waals surface area contributed by atoms with Crippen molar-refractivity contribution in [3.8, 4) is 11.4 Å². The highest BCUT2D eigenvalue weighted by Crippen LogP contribution is 2.30. The molecule has 1 aromatic heterocycles. The summed E-state index contributed by atoms with van der Waals surface area (Å²) >= 11 is 2.98. The quantitative estimate of drug-likeness (QED) is 0.875. The molecule has 1 unspecified atom stereocenters. The van der Waals surface area contributed by atoms with Gasteiger partial charge in [0.15, 0.2) is 11.6 Å². The number of rotatable bonds is 3. The van der Waals surface area contributed by atoms with Crippen molar-refractivity contribution in [3.05, 3.63) is 34.1 Å². The molecule has 2 aromatic rings. The van der Waals surface area contributed by atoms with Gasteiger partial charge in [-0.05, 0) is 34.0 Å². The first-order chi connectivity index (χ1) is 8.91. The zero-order valence-electron chi connectivity index (χ0n) is 10.3. The first-order valence-electron chi connectivity index (χ1n) is 5.65. The molecule has 0 amide bonds. The highest BCUT2D eigenvalue weighted by molar-refractivity contribution is 9.10. The van der Waals surface area contributed by atoms with Gasteiger partial charge in [0.1, 0.15) is 0 Å². The first kappa shape index (κ1) is 14.1. The minimum absolute atomic E-state index is 0.0435. The van der Waals surface area contributed by atoms with Crippen molar-refractivity contribution < 1.29 is 13.3 Å². The summed E-state index contributed by atoms with van der Waals surface area (Å²) in [4.78, 5) is 4.11. The van der Waals surface area contributed by atoms with Crippen LogP contribution in [0.2, 0.25) is 0 Å². The summed E-state index contributed by atoms with van der Waals surface area (Å²) in [5.74, 6) is -1.38. The van der Waals surface area contributed by atoms with E-state index in [-0.39, 0.29) is 22.1 Å². The Morgan fingerprint density at radius 3 is 2.63 bits per heavy atom. The Morgan fingerprint density at radius 1 is 1.32 bits per heavy atom. The van der Waals surface area contributed by atoms with Crippen molar-refractivity contribution in [2.45, 2.75) is 19.9 Å². The third kappa shape index (κ3) is 2.66. The third-order valence-corrected chi connectivity index (χ3v) is 3.50. The van der Waals surface area contributed by atoms with Gasteiger partial charge in [-0.15, -0.1) is 0 Å². The molecule has 1 atom stereocenters. The molecule has 0 saturated carbocycles. The molecule has 2 N–H and O–H groups in total. The van der Waals surface area contributed by atoms with Crippen molar-refractivity contribution in [3.63, 3.8) is 0 Å². The van der Waals surface area contributed by atoms with Crippen LogP contribution >= 0.6 is 15.9 Å². The molecule has 7 heteroatoms. The Morgan fingerprint density at radius 2 is 2.00 bits per heavy atom. The maximum absolute atomic E-state index is 13.4. The van der Waals surface area contributed by atoms with E-state index in [9.17, 15) is 8.78 Å². The van der Waals surface area contributed by atoms with E-state index >= 15 is 0 Å². The van der Waals surface area contributed by atoms with Gasteiger partial charge in [-0.2, -0.15) is 4.98 Å². The number of nitrogens with two attached hydrogens (primary N) is 1. The lowest BCUT2D eigenvalue weighted by atomic mass is 10.1. The van der Waals surface area contributed by atoms with Gasteiger partial charge in [0, 0.05) is 5.56 Å². The van der Waals surface area contributed by atoms with E-state index < -0.39 is 17.7 Å². The van der Waals surface area contributed by atoms with Gasteiger partial charge in [-0.25, -0.2) is 8.78 Å².